The van der Waals surface area contributed by atoms with Gasteiger partial charge in [0.15, 0.2) is 0 Å². The highest BCUT2D eigenvalue weighted by Gasteiger charge is 2.39. The average Bonchev–Trinajstić information content (AvgIpc) is 3.20. The fraction of sp³-hybridized carbons (Fsp3) is 0.316. The summed E-state index contributed by atoms with van der Waals surface area (Å²) in [5.41, 5.74) is 0.233. The SMILES string of the molecule is COc1ccc2cnn(C)c2c1NS(=O)(=O)c1ccc(N2CC(C)(C)OC2=O)nc1. The summed E-state index contributed by atoms with van der Waals surface area (Å²) in [4.78, 5) is 17.5. The third-order valence-corrected chi connectivity index (χ3v) is 6.09. The number of carbonyl (C=O) groups excluding carboxylic acids is 1. The van der Waals surface area contributed by atoms with Crippen molar-refractivity contribution >= 4 is 38.5 Å². The number of fused-ring (bicyclic) bond motifs is 1. The lowest BCUT2D eigenvalue weighted by Gasteiger charge is -2.16. The summed E-state index contributed by atoms with van der Waals surface area (Å²) in [7, 11) is -0.802. The van der Waals surface area contributed by atoms with Crippen molar-refractivity contribution < 1.29 is 22.7 Å². The summed E-state index contributed by atoms with van der Waals surface area (Å²) < 4.78 is 40.7. The molecule has 1 fully saturated rings. The molecule has 0 unspecified atom stereocenters. The number of sulfonamides is 1. The fourth-order valence-corrected chi connectivity index (χ4v) is 4.37. The van der Waals surface area contributed by atoms with E-state index in [9.17, 15) is 13.2 Å². The molecule has 0 radical (unpaired) electrons. The third kappa shape index (κ3) is 3.41. The summed E-state index contributed by atoms with van der Waals surface area (Å²) in [5, 5.41) is 4.94. The van der Waals surface area contributed by atoms with Crippen LogP contribution in [-0.2, 0) is 21.8 Å². The first-order valence-corrected chi connectivity index (χ1v) is 10.6. The van der Waals surface area contributed by atoms with Crippen LogP contribution in [0, 0.1) is 0 Å². The second-order valence-electron chi connectivity index (χ2n) is 7.52. The van der Waals surface area contributed by atoms with E-state index in [0.29, 0.717) is 23.6 Å². The van der Waals surface area contributed by atoms with Gasteiger partial charge in [-0.3, -0.25) is 14.3 Å². The molecule has 1 amide bonds. The van der Waals surface area contributed by atoms with Crippen LogP contribution in [0.15, 0.2) is 41.6 Å². The number of hydrogen-bond acceptors (Lipinski definition) is 7. The molecule has 3 heterocycles. The van der Waals surface area contributed by atoms with Crippen molar-refractivity contribution in [3.8, 4) is 5.75 Å². The summed E-state index contributed by atoms with van der Waals surface area (Å²) in [6, 6.07) is 6.33. The van der Waals surface area contributed by atoms with Crippen LogP contribution in [0.2, 0.25) is 0 Å². The van der Waals surface area contributed by atoms with E-state index in [4.69, 9.17) is 9.47 Å². The van der Waals surface area contributed by atoms with Gasteiger partial charge in [0.1, 0.15) is 27.8 Å². The Hall–Kier alpha value is -3.34. The Balaban J connectivity index is 1.66. The molecule has 1 aliphatic rings. The third-order valence-electron chi connectivity index (χ3n) is 4.75. The monoisotopic (exact) mass is 431 g/mol. The first-order chi connectivity index (χ1) is 14.1. The van der Waals surface area contributed by atoms with Crippen molar-refractivity contribution in [2.45, 2.75) is 24.3 Å². The van der Waals surface area contributed by atoms with Gasteiger partial charge in [-0.05, 0) is 38.1 Å². The molecule has 30 heavy (non-hydrogen) atoms. The van der Waals surface area contributed by atoms with Gasteiger partial charge in [-0.2, -0.15) is 5.10 Å². The molecule has 0 spiro atoms. The number of benzene rings is 1. The van der Waals surface area contributed by atoms with Crippen molar-refractivity contribution in [2.75, 3.05) is 23.3 Å². The van der Waals surface area contributed by atoms with Crippen molar-refractivity contribution in [1.29, 1.82) is 0 Å². The number of pyridine rings is 1. The van der Waals surface area contributed by atoms with Crippen LogP contribution >= 0.6 is 0 Å². The summed E-state index contributed by atoms with van der Waals surface area (Å²) in [5.74, 6) is 0.678. The van der Waals surface area contributed by atoms with Crippen molar-refractivity contribution in [1.82, 2.24) is 14.8 Å². The number of nitrogens with zero attached hydrogens (tertiary/aromatic N) is 4. The lowest BCUT2D eigenvalue weighted by Crippen LogP contribution is -2.29. The molecule has 1 saturated heterocycles. The molecule has 1 aliphatic heterocycles. The summed E-state index contributed by atoms with van der Waals surface area (Å²) in [6.45, 7) is 3.91. The van der Waals surface area contributed by atoms with Gasteiger partial charge in [0.25, 0.3) is 10.0 Å². The molecule has 0 atom stereocenters. The van der Waals surface area contributed by atoms with E-state index in [1.165, 1.54) is 30.3 Å². The number of anilines is 2. The minimum Gasteiger partial charge on any atom is -0.494 e. The van der Waals surface area contributed by atoms with Gasteiger partial charge in [0.05, 0.1) is 25.4 Å². The molecule has 4 rings (SSSR count). The topological polar surface area (TPSA) is 116 Å². The van der Waals surface area contributed by atoms with E-state index in [0.717, 1.165) is 5.39 Å². The fourth-order valence-electron chi connectivity index (χ4n) is 3.34. The van der Waals surface area contributed by atoms with Crippen LogP contribution in [0.5, 0.6) is 5.75 Å². The van der Waals surface area contributed by atoms with Crippen LogP contribution in [-0.4, -0.2) is 48.5 Å². The predicted octanol–water partition coefficient (Wildman–Crippen LogP) is 2.51. The predicted molar refractivity (Wildman–Crippen MR) is 110 cm³/mol. The molecule has 3 aromatic rings. The molecule has 1 aromatic carbocycles. The minimum atomic E-state index is -3.98. The lowest BCUT2D eigenvalue weighted by molar-refractivity contribution is 0.0871. The number of methoxy groups -OCH3 is 1. The Morgan fingerprint density at radius 3 is 2.57 bits per heavy atom. The number of ether oxygens (including phenoxy) is 2. The Labute approximate surface area is 173 Å². The molecule has 0 aliphatic carbocycles. The molecule has 0 bridgehead atoms. The molecule has 0 saturated carbocycles. The second-order valence-corrected chi connectivity index (χ2v) is 9.20. The van der Waals surface area contributed by atoms with Gasteiger partial charge < -0.3 is 9.47 Å². The van der Waals surface area contributed by atoms with E-state index in [1.807, 2.05) is 0 Å². The number of aryl methyl sites for hydroxylation is 1. The van der Waals surface area contributed by atoms with Gasteiger partial charge in [-0.1, -0.05) is 0 Å². The first-order valence-electron chi connectivity index (χ1n) is 9.09. The van der Waals surface area contributed by atoms with E-state index < -0.39 is 21.7 Å². The van der Waals surface area contributed by atoms with Crippen LogP contribution in [0.3, 0.4) is 0 Å². The van der Waals surface area contributed by atoms with Crippen LogP contribution in [0.4, 0.5) is 16.3 Å². The quantitative estimate of drug-likeness (QED) is 0.660. The Morgan fingerprint density at radius 1 is 1.20 bits per heavy atom. The zero-order chi connectivity index (χ0) is 21.7. The molecule has 1 N–H and O–H groups in total. The standard InChI is InChI=1S/C19H21N5O5S/c1-19(2)11-24(18(25)29-19)15-8-6-13(10-20-15)30(26,27)22-16-14(28-4)7-5-12-9-21-23(3)17(12)16/h5-10,22H,11H2,1-4H3. The van der Waals surface area contributed by atoms with E-state index >= 15 is 0 Å². The summed E-state index contributed by atoms with van der Waals surface area (Å²) >= 11 is 0. The van der Waals surface area contributed by atoms with Crippen molar-refractivity contribution in [3.63, 3.8) is 0 Å². The maximum Gasteiger partial charge on any atom is 0.416 e. The minimum absolute atomic E-state index is 0.0562. The van der Waals surface area contributed by atoms with Crippen LogP contribution in [0.1, 0.15) is 13.8 Å². The Kier molecular flexibility index (Phi) is 4.57. The molecule has 2 aromatic heterocycles. The highest BCUT2D eigenvalue weighted by molar-refractivity contribution is 7.92. The summed E-state index contributed by atoms with van der Waals surface area (Å²) in [6.07, 6.45) is 2.32. The smallest absolute Gasteiger partial charge is 0.416 e. The highest BCUT2D eigenvalue weighted by Crippen LogP contribution is 2.34. The van der Waals surface area contributed by atoms with Crippen LogP contribution < -0.4 is 14.4 Å². The largest absolute Gasteiger partial charge is 0.494 e. The maximum atomic E-state index is 13.0. The first kappa shape index (κ1) is 20.0. The Bertz CT molecular complexity index is 1230. The molecule has 158 valence electrons. The van der Waals surface area contributed by atoms with Gasteiger partial charge in [0, 0.05) is 18.6 Å². The second kappa shape index (κ2) is 6.87. The number of amides is 1. The molecular formula is C19H21N5O5S. The zero-order valence-electron chi connectivity index (χ0n) is 16.9. The number of rotatable bonds is 5. The van der Waals surface area contributed by atoms with E-state index in [-0.39, 0.29) is 10.6 Å². The molecule has 10 nitrogen and oxygen atoms in total. The molecular weight excluding hydrogens is 410 g/mol. The van der Waals surface area contributed by atoms with Gasteiger partial charge in [0.2, 0.25) is 0 Å². The number of aromatic nitrogens is 3. The van der Waals surface area contributed by atoms with Gasteiger partial charge in [-0.25, -0.2) is 18.2 Å². The Morgan fingerprint density at radius 2 is 1.97 bits per heavy atom. The number of carbonyl (C=O) groups is 1. The maximum absolute atomic E-state index is 13.0. The van der Waals surface area contributed by atoms with Crippen LogP contribution in [0.25, 0.3) is 10.9 Å². The zero-order valence-corrected chi connectivity index (χ0v) is 17.7. The number of nitrogens with one attached hydrogen (secondary N) is 1. The lowest BCUT2D eigenvalue weighted by atomic mass is 10.1. The highest BCUT2D eigenvalue weighted by atomic mass is 32.2. The van der Waals surface area contributed by atoms with Gasteiger partial charge in [-0.15, -0.1) is 0 Å². The average molecular weight is 431 g/mol. The van der Waals surface area contributed by atoms with Crippen molar-refractivity contribution in [2.24, 2.45) is 7.05 Å². The van der Waals surface area contributed by atoms with Crippen molar-refractivity contribution in [3.05, 3.63) is 36.7 Å². The normalized spacial score (nSPS) is 16.0. The number of hydrogen-bond donors (Lipinski definition) is 1. The van der Waals surface area contributed by atoms with E-state index in [2.05, 4.69) is 14.8 Å². The number of cyclic esters (lactones) is 1. The van der Waals surface area contributed by atoms with Gasteiger partial charge >= 0.3 is 6.09 Å². The molecule has 11 heteroatoms. The van der Waals surface area contributed by atoms with E-state index in [1.54, 1.807) is 43.9 Å².